The minimum atomic E-state index is -4.48. The summed E-state index contributed by atoms with van der Waals surface area (Å²) in [5.41, 5.74) is -0.199. The van der Waals surface area contributed by atoms with Gasteiger partial charge in [-0.05, 0) is 24.3 Å². The molecular weight excluding hydrogens is 485 g/mol. The number of carbonyl (C=O) groups excluding carboxylic acids is 1. The molecule has 1 aliphatic heterocycles. The molecule has 1 fully saturated rings. The average Bonchev–Trinajstić information content (AvgIpc) is 3.45. The van der Waals surface area contributed by atoms with Crippen molar-refractivity contribution in [2.45, 2.75) is 19.6 Å². The van der Waals surface area contributed by atoms with Gasteiger partial charge in [-0.15, -0.1) is 0 Å². The van der Waals surface area contributed by atoms with Crippen LogP contribution in [0.1, 0.15) is 11.5 Å². The van der Waals surface area contributed by atoms with E-state index in [1.54, 1.807) is 16.7 Å². The van der Waals surface area contributed by atoms with Crippen molar-refractivity contribution in [2.24, 2.45) is 0 Å². The SMILES string of the molecule is Cc1ncc(-c2cc(F)c(N3CCN(C(=O)Cn4cnc5cc(C(F)(F)F)ccc54)CC3)cc2F)o1. The molecule has 5 rings (SSSR count). The number of imidazole rings is 1. The molecule has 7 nitrogen and oxygen atoms in total. The molecule has 1 saturated heterocycles. The summed E-state index contributed by atoms with van der Waals surface area (Å²) in [4.78, 5) is 24.0. The minimum absolute atomic E-state index is 0.0272. The van der Waals surface area contributed by atoms with Crippen LogP contribution in [0.4, 0.5) is 27.6 Å². The average molecular weight is 505 g/mol. The second-order valence-corrected chi connectivity index (χ2v) is 8.47. The first-order valence-electron chi connectivity index (χ1n) is 11.1. The Morgan fingerprint density at radius 2 is 1.78 bits per heavy atom. The first-order valence-corrected chi connectivity index (χ1v) is 11.1. The monoisotopic (exact) mass is 505 g/mol. The van der Waals surface area contributed by atoms with Crippen LogP contribution in [0.3, 0.4) is 0 Å². The molecule has 0 radical (unpaired) electrons. The fourth-order valence-electron chi connectivity index (χ4n) is 4.26. The number of aromatic nitrogens is 3. The molecule has 1 aliphatic rings. The van der Waals surface area contributed by atoms with E-state index in [9.17, 15) is 26.7 Å². The lowest BCUT2D eigenvalue weighted by molar-refractivity contribution is -0.137. The van der Waals surface area contributed by atoms with E-state index in [4.69, 9.17) is 4.42 Å². The lowest BCUT2D eigenvalue weighted by Crippen LogP contribution is -2.49. The zero-order valence-electron chi connectivity index (χ0n) is 19.0. The Balaban J connectivity index is 1.25. The summed E-state index contributed by atoms with van der Waals surface area (Å²) in [6.07, 6.45) is -1.82. The molecule has 0 aliphatic carbocycles. The van der Waals surface area contributed by atoms with Crippen LogP contribution in [0.5, 0.6) is 0 Å². The molecule has 36 heavy (non-hydrogen) atoms. The summed E-state index contributed by atoms with van der Waals surface area (Å²) in [6.45, 7) is 2.61. The van der Waals surface area contributed by atoms with Gasteiger partial charge in [0.1, 0.15) is 18.2 Å². The molecule has 0 unspecified atom stereocenters. The number of aryl methyl sites for hydroxylation is 1. The smallest absolute Gasteiger partial charge is 0.416 e. The Labute approximate surface area is 201 Å². The summed E-state index contributed by atoms with van der Waals surface area (Å²) in [5.74, 6) is -1.06. The van der Waals surface area contributed by atoms with Crippen LogP contribution in [0.15, 0.2) is 47.3 Å². The van der Waals surface area contributed by atoms with E-state index in [0.717, 1.165) is 24.3 Å². The van der Waals surface area contributed by atoms with Gasteiger partial charge in [-0.3, -0.25) is 4.79 Å². The van der Waals surface area contributed by atoms with Crippen molar-refractivity contribution in [3.8, 4) is 11.3 Å². The summed E-state index contributed by atoms with van der Waals surface area (Å²) < 4.78 is 75.1. The first-order chi connectivity index (χ1) is 17.1. The summed E-state index contributed by atoms with van der Waals surface area (Å²) in [7, 11) is 0. The largest absolute Gasteiger partial charge is 0.441 e. The van der Waals surface area contributed by atoms with Crippen LogP contribution in [-0.2, 0) is 17.5 Å². The molecule has 3 heterocycles. The van der Waals surface area contributed by atoms with Crippen molar-refractivity contribution < 1.29 is 31.2 Å². The van der Waals surface area contributed by atoms with Crippen LogP contribution in [0.25, 0.3) is 22.4 Å². The minimum Gasteiger partial charge on any atom is -0.441 e. The molecular formula is C24H20F5N5O2. The van der Waals surface area contributed by atoms with Gasteiger partial charge < -0.3 is 18.8 Å². The number of fused-ring (bicyclic) bond motifs is 1. The number of hydrogen-bond acceptors (Lipinski definition) is 5. The zero-order valence-corrected chi connectivity index (χ0v) is 19.0. The summed E-state index contributed by atoms with van der Waals surface area (Å²) in [6, 6.07) is 5.35. The number of halogens is 5. The standard InChI is InChI=1S/C24H20F5N5O2/c1-14-30-11-22(36-14)16-9-18(26)21(10-17(16)25)32-4-6-33(7-5-32)23(35)12-34-13-31-19-8-15(24(27,28)29)2-3-20(19)34/h2-3,8-11,13H,4-7,12H2,1H3. The Hall–Kier alpha value is -3.96. The van der Waals surface area contributed by atoms with E-state index < -0.39 is 23.4 Å². The molecule has 1 amide bonds. The van der Waals surface area contributed by atoms with Gasteiger partial charge in [-0.25, -0.2) is 18.7 Å². The summed E-state index contributed by atoms with van der Waals surface area (Å²) in [5, 5.41) is 0. The van der Waals surface area contributed by atoms with Crippen molar-refractivity contribution in [1.29, 1.82) is 0 Å². The van der Waals surface area contributed by atoms with Gasteiger partial charge in [0.15, 0.2) is 11.7 Å². The number of anilines is 1. The third-order valence-electron chi connectivity index (χ3n) is 6.15. The van der Waals surface area contributed by atoms with Gasteiger partial charge in [0.05, 0.1) is 40.4 Å². The zero-order chi connectivity index (χ0) is 25.6. The molecule has 0 atom stereocenters. The highest BCUT2D eigenvalue weighted by molar-refractivity contribution is 5.81. The molecule has 0 saturated carbocycles. The van der Waals surface area contributed by atoms with Crippen LogP contribution >= 0.6 is 0 Å². The summed E-state index contributed by atoms with van der Waals surface area (Å²) >= 11 is 0. The highest BCUT2D eigenvalue weighted by atomic mass is 19.4. The molecule has 0 spiro atoms. The van der Waals surface area contributed by atoms with Crippen LogP contribution in [-0.4, -0.2) is 51.5 Å². The predicted octanol–water partition coefficient (Wildman–Crippen LogP) is 4.65. The first kappa shape index (κ1) is 23.8. The Morgan fingerprint density at radius 1 is 1.03 bits per heavy atom. The molecule has 188 valence electrons. The van der Waals surface area contributed by atoms with Gasteiger partial charge in [-0.1, -0.05) is 0 Å². The molecule has 12 heteroatoms. The topological polar surface area (TPSA) is 67.4 Å². The Morgan fingerprint density at radius 3 is 2.44 bits per heavy atom. The normalized spacial score (nSPS) is 14.6. The number of hydrogen-bond donors (Lipinski definition) is 0. The highest BCUT2D eigenvalue weighted by Gasteiger charge is 2.31. The van der Waals surface area contributed by atoms with E-state index in [0.29, 0.717) is 11.4 Å². The van der Waals surface area contributed by atoms with Gasteiger partial charge in [0.2, 0.25) is 5.91 Å². The maximum absolute atomic E-state index is 14.8. The number of alkyl halides is 3. The van der Waals surface area contributed by atoms with Gasteiger partial charge in [0, 0.05) is 39.2 Å². The molecule has 2 aromatic carbocycles. The third kappa shape index (κ3) is 4.50. The highest BCUT2D eigenvalue weighted by Crippen LogP contribution is 2.32. The van der Waals surface area contributed by atoms with Gasteiger partial charge >= 0.3 is 6.18 Å². The second-order valence-electron chi connectivity index (χ2n) is 8.47. The van der Waals surface area contributed by atoms with E-state index >= 15 is 0 Å². The van der Waals surface area contributed by atoms with Gasteiger partial charge in [0.25, 0.3) is 0 Å². The van der Waals surface area contributed by atoms with Crippen LogP contribution in [0.2, 0.25) is 0 Å². The number of amides is 1. The van der Waals surface area contributed by atoms with E-state index in [2.05, 4.69) is 9.97 Å². The third-order valence-corrected chi connectivity index (χ3v) is 6.15. The van der Waals surface area contributed by atoms with E-state index in [-0.39, 0.29) is 61.2 Å². The van der Waals surface area contributed by atoms with Crippen molar-refractivity contribution in [3.63, 3.8) is 0 Å². The molecule has 0 N–H and O–H groups in total. The molecule has 4 aromatic rings. The molecule has 2 aromatic heterocycles. The number of oxazole rings is 1. The van der Waals surface area contributed by atoms with E-state index in [1.165, 1.54) is 23.2 Å². The number of benzene rings is 2. The fraction of sp³-hybridized carbons (Fsp3) is 0.292. The fourth-order valence-corrected chi connectivity index (χ4v) is 4.26. The van der Waals surface area contributed by atoms with Crippen molar-refractivity contribution in [1.82, 2.24) is 19.4 Å². The number of rotatable bonds is 4. The van der Waals surface area contributed by atoms with Crippen molar-refractivity contribution >= 4 is 22.6 Å². The maximum atomic E-state index is 14.8. The van der Waals surface area contributed by atoms with Crippen LogP contribution in [0, 0.1) is 18.6 Å². The van der Waals surface area contributed by atoms with Crippen LogP contribution < -0.4 is 4.90 Å². The molecule has 0 bridgehead atoms. The van der Waals surface area contributed by atoms with Crippen molar-refractivity contribution in [2.75, 3.05) is 31.1 Å². The lowest BCUT2D eigenvalue weighted by Gasteiger charge is -2.36. The number of piperazine rings is 1. The van der Waals surface area contributed by atoms with Crippen molar-refractivity contribution in [3.05, 3.63) is 65.9 Å². The second kappa shape index (κ2) is 8.92. The number of nitrogens with zero attached hydrogens (tertiary/aromatic N) is 5. The Bertz CT molecular complexity index is 1440. The number of carbonyl (C=O) groups is 1. The van der Waals surface area contributed by atoms with Gasteiger partial charge in [-0.2, -0.15) is 13.2 Å². The quantitative estimate of drug-likeness (QED) is 0.378. The van der Waals surface area contributed by atoms with E-state index in [1.807, 2.05) is 0 Å². The Kier molecular flexibility index (Phi) is 5.89. The lowest BCUT2D eigenvalue weighted by atomic mass is 10.1. The predicted molar refractivity (Wildman–Crippen MR) is 120 cm³/mol. The maximum Gasteiger partial charge on any atom is 0.416 e.